The quantitative estimate of drug-likeness (QED) is 0.838. The third-order valence-electron chi connectivity index (χ3n) is 5.13. The molecule has 106 valence electrons. The Bertz CT molecular complexity index is 421. The lowest BCUT2D eigenvalue weighted by Crippen LogP contribution is -2.43. The molecule has 0 radical (unpaired) electrons. The van der Waals surface area contributed by atoms with E-state index in [4.69, 9.17) is 0 Å². The zero-order valence-electron chi connectivity index (χ0n) is 12.4. The van der Waals surface area contributed by atoms with Crippen LogP contribution in [-0.4, -0.2) is 13.1 Å². The fourth-order valence-corrected chi connectivity index (χ4v) is 3.73. The number of hydrogen-bond donors (Lipinski definition) is 1. The SMILES string of the molecule is CCC1(C(Cc2cc(F)ccc2C)NC)CCCC1. The topological polar surface area (TPSA) is 12.0 Å². The molecule has 1 nitrogen and oxygen atoms in total. The summed E-state index contributed by atoms with van der Waals surface area (Å²) in [5.41, 5.74) is 2.76. The molecule has 2 heteroatoms. The molecule has 0 heterocycles. The van der Waals surface area contributed by atoms with Gasteiger partial charge in [-0.1, -0.05) is 25.8 Å². The van der Waals surface area contributed by atoms with E-state index in [1.54, 1.807) is 12.1 Å². The van der Waals surface area contributed by atoms with Crippen LogP contribution < -0.4 is 5.32 Å². The van der Waals surface area contributed by atoms with Crippen LogP contribution >= 0.6 is 0 Å². The molecule has 2 rings (SSSR count). The number of hydrogen-bond acceptors (Lipinski definition) is 1. The van der Waals surface area contributed by atoms with Crippen LogP contribution in [0.5, 0.6) is 0 Å². The van der Waals surface area contributed by atoms with E-state index >= 15 is 0 Å². The van der Waals surface area contributed by atoms with E-state index < -0.39 is 0 Å². The lowest BCUT2D eigenvalue weighted by atomic mass is 9.73. The van der Waals surface area contributed by atoms with E-state index in [-0.39, 0.29) is 5.82 Å². The second kappa shape index (κ2) is 6.04. The molecule has 1 aliphatic carbocycles. The highest BCUT2D eigenvalue weighted by atomic mass is 19.1. The van der Waals surface area contributed by atoms with Crippen LogP contribution in [0.3, 0.4) is 0 Å². The van der Waals surface area contributed by atoms with Gasteiger partial charge in [-0.2, -0.15) is 0 Å². The van der Waals surface area contributed by atoms with E-state index in [0.29, 0.717) is 11.5 Å². The average molecular weight is 263 g/mol. The maximum absolute atomic E-state index is 13.4. The maximum Gasteiger partial charge on any atom is 0.123 e. The smallest absolute Gasteiger partial charge is 0.123 e. The van der Waals surface area contributed by atoms with Gasteiger partial charge in [-0.3, -0.25) is 0 Å². The zero-order valence-corrected chi connectivity index (χ0v) is 12.4. The van der Waals surface area contributed by atoms with Crippen molar-refractivity contribution in [3.8, 4) is 0 Å². The molecule has 1 aliphatic rings. The Kier molecular flexibility index (Phi) is 4.62. The summed E-state index contributed by atoms with van der Waals surface area (Å²) in [7, 11) is 2.05. The van der Waals surface area contributed by atoms with Crippen molar-refractivity contribution in [2.75, 3.05) is 7.05 Å². The molecular formula is C17H26FN. The minimum atomic E-state index is -0.118. The largest absolute Gasteiger partial charge is 0.316 e. The summed E-state index contributed by atoms with van der Waals surface area (Å²) in [5.74, 6) is -0.118. The predicted molar refractivity (Wildman–Crippen MR) is 78.9 cm³/mol. The van der Waals surface area contributed by atoms with Gasteiger partial charge in [0.2, 0.25) is 0 Å². The lowest BCUT2D eigenvalue weighted by Gasteiger charge is -2.37. The van der Waals surface area contributed by atoms with Crippen molar-refractivity contribution in [2.45, 2.75) is 58.4 Å². The monoisotopic (exact) mass is 263 g/mol. The molecule has 19 heavy (non-hydrogen) atoms. The number of aryl methyl sites for hydroxylation is 1. The summed E-state index contributed by atoms with van der Waals surface area (Å²) < 4.78 is 13.4. The molecule has 1 fully saturated rings. The first kappa shape index (κ1) is 14.5. The Hall–Kier alpha value is -0.890. The third kappa shape index (κ3) is 3.00. The first-order valence-corrected chi connectivity index (χ1v) is 7.53. The first-order valence-electron chi connectivity index (χ1n) is 7.53. The van der Waals surface area contributed by atoms with Crippen LogP contribution in [0.4, 0.5) is 4.39 Å². The summed E-state index contributed by atoms with van der Waals surface area (Å²) in [5, 5.41) is 3.51. The van der Waals surface area contributed by atoms with E-state index in [9.17, 15) is 4.39 Å². The standard InChI is InChI=1S/C17H26FN/c1-4-17(9-5-6-10-17)16(19-3)12-14-11-15(18)8-7-13(14)2/h7-8,11,16,19H,4-6,9-10,12H2,1-3H3. The molecule has 1 aromatic rings. The van der Waals surface area contributed by atoms with Gasteiger partial charge in [0.15, 0.2) is 0 Å². The number of nitrogens with one attached hydrogen (secondary N) is 1. The molecule has 1 N–H and O–H groups in total. The third-order valence-corrected chi connectivity index (χ3v) is 5.13. The first-order chi connectivity index (χ1) is 9.11. The highest BCUT2D eigenvalue weighted by Crippen LogP contribution is 2.44. The molecule has 0 spiro atoms. The van der Waals surface area contributed by atoms with Crippen LogP contribution in [-0.2, 0) is 6.42 Å². The van der Waals surface area contributed by atoms with Crippen LogP contribution in [0, 0.1) is 18.2 Å². The predicted octanol–water partition coefficient (Wildman–Crippen LogP) is 4.24. The molecule has 0 saturated heterocycles. The Morgan fingerprint density at radius 2 is 2.00 bits per heavy atom. The van der Waals surface area contributed by atoms with Gasteiger partial charge in [0.25, 0.3) is 0 Å². The van der Waals surface area contributed by atoms with Gasteiger partial charge >= 0.3 is 0 Å². The van der Waals surface area contributed by atoms with Crippen molar-refractivity contribution < 1.29 is 4.39 Å². The van der Waals surface area contributed by atoms with Crippen molar-refractivity contribution in [2.24, 2.45) is 5.41 Å². The van der Waals surface area contributed by atoms with Crippen molar-refractivity contribution in [1.82, 2.24) is 5.32 Å². The minimum Gasteiger partial charge on any atom is -0.316 e. The molecule has 0 amide bonds. The molecule has 0 aliphatic heterocycles. The molecule has 1 atom stereocenters. The summed E-state index contributed by atoms with van der Waals surface area (Å²) >= 11 is 0. The second-order valence-corrected chi connectivity index (χ2v) is 6.04. The average Bonchev–Trinajstić information content (AvgIpc) is 2.89. The Morgan fingerprint density at radius 1 is 1.32 bits per heavy atom. The number of likely N-dealkylation sites (N-methyl/N-ethyl adjacent to an activating group) is 1. The van der Waals surface area contributed by atoms with Crippen molar-refractivity contribution in [3.63, 3.8) is 0 Å². The zero-order chi connectivity index (χ0) is 13.9. The van der Waals surface area contributed by atoms with E-state index in [1.165, 1.54) is 37.7 Å². The van der Waals surface area contributed by atoms with Crippen molar-refractivity contribution in [1.29, 1.82) is 0 Å². The molecule has 1 aromatic carbocycles. The van der Waals surface area contributed by atoms with Gasteiger partial charge in [0.1, 0.15) is 5.82 Å². The van der Waals surface area contributed by atoms with Gasteiger partial charge in [-0.05, 0) is 68.3 Å². The van der Waals surface area contributed by atoms with Gasteiger partial charge < -0.3 is 5.32 Å². The van der Waals surface area contributed by atoms with Crippen molar-refractivity contribution >= 4 is 0 Å². The Labute approximate surface area is 116 Å². The fraction of sp³-hybridized carbons (Fsp3) is 0.647. The highest BCUT2D eigenvalue weighted by molar-refractivity contribution is 5.28. The Morgan fingerprint density at radius 3 is 2.58 bits per heavy atom. The van der Waals surface area contributed by atoms with E-state index in [0.717, 1.165) is 12.0 Å². The van der Waals surface area contributed by atoms with Gasteiger partial charge in [-0.15, -0.1) is 0 Å². The summed E-state index contributed by atoms with van der Waals surface area (Å²) in [6.07, 6.45) is 7.45. The molecule has 1 saturated carbocycles. The van der Waals surface area contributed by atoms with E-state index in [1.807, 2.05) is 6.07 Å². The normalized spacial score (nSPS) is 19.6. The fourth-order valence-electron chi connectivity index (χ4n) is 3.73. The number of halogens is 1. The van der Waals surface area contributed by atoms with Gasteiger partial charge in [-0.25, -0.2) is 4.39 Å². The minimum absolute atomic E-state index is 0.118. The van der Waals surface area contributed by atoms with Gasteiger partial charge in [0, 0.05) is 6.04 Å². The van der Waals surface area contributed by atoms with Crippen LogP contribution in [0.1, 0.15) is 50.2 Å². The van der Waals surface area contributed by atoms with Gasteiger partial charge in [0.05, 0.1) is 0 Å². The van der Waals surface area contributed by atoms with E-state index in [2.05, 4.69) is 26.2 Å². The highest BCUT2D eigenvalue weighted by Gasteiger charge is 2.38. The Balaban J connectivity index is 2.21. The van der Waals surface area contributed by atoms with Crippen LogP contribution in [0.2, 0.25) is 0 Å². The molecule has 0 aromatic heterocycles. The van der Waals surface area contributed by atoms with Crippen LogP contribution in [0.25, 0.3) is 0 Å². The number of rotatable bonds is 5. The number of benzene rings is 1. The molecular weight excluding hydrogens is 237 g/mol. The molecule has 1 unspecified atom stereocenters. The maximum atomic E-state index is 13.4. The van der Waals surface area contributed by atoms with Crippen LogP contribution in [0.15, 0.2) is 18.2 Å². The molecule has 0 bridgehead atoms. The lowest BCUT2D eigenvalue weighted by molar-refractivity contribution is 0.192. The second-order valence-electron chi connectivity index (χ2n) is 6.04. The summed E-state index contributed by atoms with van der Waals surface area (Å²) in [6, 6.07) is 5.61. The summed E-state index contributed by atoms with van der Waals surface area (Å²) in [6.45, 7) is 4.38. The van der Waals surface area contributed by atoms with Crippen molar-refractivity contribution in [3.05, 3.63) is 35.1 Å². The summed E-state index contributed by atoms with van der Waals surface area (Å²) in [4.78, 5) is 0.